The van der Waals surface area contributed by atoms with E-state index in [1.54, 1.807) is 13.0 Å². The predicted octanol–water partition coefficient (Wildman–Crippen LogP) is 3.39. The zero-order valence-electron chi connectivity index (χ0n) is 17.7. The van der Waals surface area contributed by atoms with Crippen LogP contribution in [0.15, 0.2) is 36.7 Å². The fourth-order valence-electron chi connectivity index (χ4n) is 3.97. The standard InChI is InChI=1S/C23H20F2N6O2/c1-12-20(28-6-5-27-12)9-31(8-13-16(24)3-2-4-17(13)25)23(32)19-7-18-21(29-19)14-10-33-11-15(14)22(26)30-18/h2-7,29H,8-11H2,1H3,(H2,26,30). The number of hydrogen-bond acceptors (Lipinski definition) is 6. The topological polar surface area (TPSA) is 110 Å². The third-order valence-corrected chi connectivity index (χ3v) is 5.76. The Labute approximate surface area is 187 Å². The largest absolute Gasteiger partial charge is 0.383 e. The number of halogens is 2. The highest BCUT2D eigenvalue weighted by Gasteiger charge is 2.26. The summed E-state index contributed by atoms with van der Waals surface area (Å²) in [6.07, 6.45) is 3.05. The lowest BCUT2D eigenvalue weighted by molar-refractivity contribution is 0.0719. The van der Waals surface area contributed by atoms with E-state index in [2.05, 4.69) is 19.9 Å². The van der Waals surface area contributed by atoms with Gasteiger partial charge in [0.2, 0.25) is 0 Å². The number of nitrogen functional groups attached to an aromatic ring is 1. The van der Waals surface area contributed by atoms with E-state index in [1.165, 1.54) is 23.4 Å². The number of carbonyl (C=O) groups excluding carboxylic acids is 1. The van der Waals surface area contributed by atoms with Gasteiger partial charge in [0.25, 0.3) is 5.91 Å². The van der Waals surface area contributed by atoms with Crippen LogP contribution in [0.5, 0.6) is 0 Å². The molecule has 0 atom stereocenters. The van der Waals surface area contributed by atoms with E-state index < -0.39 is 17.5 Å². The summed E-state index contributed by atoms with van der Waals surface area (Å²) in [4.78, 5) is 30.8. The minimum absolute atomic E-state index is 0.0123. The molecule has 1 amide bonds. The molecule has 0 bridgehead atoms. The van der Waals surface area contributed by atoms with Gasteiger partial charge in [-0.1, -0.05) is 6.07 Å². The summed E-state index contributed by atoms with van der Waals surface area (Å²) < 4.78 is 34.3. The third-order valence-electron chi connectivity index (χ3n) is 5.76. The monoisotopic (exact) mass is 450 g/mol. The molecular formula is C23H20F2N6O2. The average molecular weight is 450 g/mol. The molecule has 4 aromatic rings. The number of hydrogen-bond donors (Lipinski definition) is 2. The van der Waals surface area contributed by atoms with Crippen LogP contribution in [-0.2, 0) is 31.0 Å². The van der Waals surface area contributed by atoms with Crippen LogP contribution >= 0.6 is 0 Å². The van der Waals surface area contributed by atoms with Gasteiger partial charge in [-0.2, -0.15) is 0 Å². The smallest absolute Gasteiger partial charge is 0.271 e. The Bertz CT molecular complexity index is 1370. The Morgan fingerprint density at radius 2 is 1.88 bits per heavy atom. The van der Waals surface area contributed by atoms with E-state index >= 15 is 0 Å². The van der Waals surface area contributed by atoms with Crippen LogP contribution in [0, 0.1) is 18.6 Å². The first kappa shape index (κ1) is 21.0. The molecule has 3 aromatic heterocycles. The Morgan fingerprint density at radius 3 is 2.64 bits per heavy atom. The van der Waals surface area contributed by atoms with Gasteiger partial charge in [0.1, 0.15) is 23.1 Å². The second kappa shape index (κ2) is 8.21. The van der Waals surface area contributed by atoms with Crippen LogP contribution in [0.25, 0.3) is 11.0 Å². The number of carbonyl (C=O) groups is 1. The summed E-state index contributed by atoms with van der Waals surface area (Å²) in [6, 6.07) is 5.19. The molecule has 10 heteroatoms. The molecule has 1 aliphatic rings. The third kappa shape index (κ3) is 3.78. The van der Waals surface area contributed by atoms with E-state index in [0.717, 1.165) is 23.3 Å². The number of fused-ring (bicyclic) bond motifs is 3. The van der Waals surface area contributed by atoms with Crippen LogP contribution in [0.2, 0.25) is 0 Å². The van der Waals surface area contributed by atoms with Crippen molar-refractivity contribution in [3.05, 3.63) is 82.1 Å². The molecular weight excluding hydrogens is 430 g/mol. The minimum Gasteiger partial charge on any atom is -0.383 e. The summed E-state index contributed by atoms with van der Waals surface area (Å²) in [5.74, 6) is -1.57. The van der Waals surface area contributed by atoms with Gasteiger partial charge >= 0.3 is 0 Å². The van der Waals surface area contributed by atoms with E-state index in [-0.39, 0.29) is 24.3 Å². The van der Waals surface area contributed by atoms with Gasteiger partial charge in [0.15, 0.2) is 0 Å². The molecule has 0 saturated heterocycles. The Morgan fingerprint density at radius 1 is 1.15 bits per heavy atom. The van der Waals surface area contributed by atoms with Crippen molar-refractivity contribution in [3.8, 4) is 0 Å². The number of aromatic amines is 1. The Kier molecular flexibility index (Phi) is 5.21. The molecule has 0 fully saturated rings. The molecule has 168 valence electrons. The molecule has 5 rings (SSSR count). The Hall–Kier alpha value is -3.92. The molecule has 8 nitrogen and oxygen atoms in total. The van der Waals surface area contributed by atoms with Crippen molar-refractivity contribution in [2.75, 3.05) is 5.73 Å². The van der Waals surface area contributed by atoms with Crippen LogP contribution in [0.1, 0.15) is 38.6 Å². The maximum absolute atomic E-state index is 14.4. The normalized spacial score (nSPS) is 12.8. The number of nitrogens with two attached hydrogens (primary N) is 1. The van der Waals surface area contributed by atoms with E-state index in [4.69, 9.17) is 10.5 Å². The summed E-state index contributed by atoms with van der Waals surface area (Å²) >= 11 is 0. The second-order valence-electron chi connectivity index (χ2n) is 7.84. The number of benzene rings is 1. The first-order chi connectivity index (χ1) is 15.9. The lowest BCUT2D eigenvalue weighted by Gasteiger charge is -2.23. The lowest BCUT2D eigenvalue weighted by Crippen LogP contribution is -2.32. The molecule has 4 heterocycles. The molecule has 1 aliphatic heterocycles. The van der Waals surface area contributed by atoms with Gasteiger partial charge in [-0.3, -0.25) is 14.8 Å². The van der Waals surface area contributed by atoms with Crippen molar-refractivity contribution in [2.45, 2.75) is 33.2 Å². The van der Waals surface area contributed by atoms with Gasteiger partial charge in [0.05, 0.1) is 48.7 Å². The predicted molar refractivity (Wildman–Crippen MR) is 116 cm³/mol. The number of aromatic nitrogens is 4. The van der Waals surface area contributed by atoms with E-state index in [1.807, 2.05) is 0 Å². The van der Waals surface area contributed by atoms with Crippen molar-refractivity contribution < 1.29 is 18.3 Å². The van der Waals surface area contributed by atoms with E-state index in [9.17, 15) is 13.6 Å². The summed E-state index contributed by atoms with van der Waals surface area (Å²) in [6.45, 7) is 2.19. The van der Waals surface area contributed by atoms with Gasteiger partial charge in [-0.05, 0) is 25.1 Å². The molecule has 0 spiro atoms. The van der Waals surface area contributed by atoms with Crippen LogP contribution in [0.4, 0.5) is 14.6 Å². The van der Waals surface area contributed by atoms with Crippen molar-refractivity contribution >= 4 is 22.8 Å². The number of nitrogens with one attached hydrogen (secondary N) is 1. The molecule has 33 heavy (non-hydrogen) atoms. The SMILES string of the molecule is Cc1nccnc1CN(Cc1c(F)cccc1F)C(=O)c1cc2nc(N)c3c(c2[nH]1)COC3. The van der Waals surface area contributed by atoms with Crippen molar-refractivity contribution in [1.82, 2.24) is 24.8 Å². The number of H-pyrrole nitrogens is 1. The molecule has 0 aliphatic carbocycles. The molecule has 3 N–H and O–H groups in total. The lowest BCUT2D eigenvalue weighted by atomic mass is 10.1. The highest BCUT2D eigenvalue weighted by atomic mass is 19.1. The fraction of sp³-hybridized carbons (Fsp3) is 0.217. The molecule has 1 aromatic carbocycles. The fourth-order valence-corrected chi connectivity index (χ4v) is 3.97. The van der Waals surface area contributed by atoms with Crippen LogP contribution in [-0.4, -0.2) is 30.7 Å². The van der Waals surface area contributed by atoms with Gasteiger partial charge in [-0.25, -0.2) is 13.8 Å². The van der Waals surface area contributed by atoms with Crippen molar-refractivity contribution in [3.63, 3.8) is 0 Å². The Balaban J connectivity index is 1.55. The van der Waals surface area contributed by atoms with Gasteiger partial charge < -0.3 is 20.4 Å². The number of rotatable bonds is 5. The maximum atomic E-state index is 14.4. The van der Waals surface area contributed by atoms with E-state index in [0.29, 0.717) is 41.5 Å². The zero-order chi connectivity index (χ0) is 23.1. The summed E-state index contributed by atoms with van der Waals surface area (Å²) in [5.41, 5.74) is 10.0. The first-order valence-corrected chi connectivity index (χ1v) is 10.3. The highest BCUT2D eigenvalue weighted by Crippen LogP contribution is 2.31. The first-order valence-electron chi connectivity index (χ1n) is 10.3. The molecule has 0 radical (unpaired) electrons. The average Bonchev–Trinajstić information content (AvgIpc) is 3.44. The number of pyridine rings is 1. The van der Waals surface area contributed by atoms with Crippen molar-refractivity contribution in [2.24, 2.45) is 0 Å². The van der Waals surface area contributed by atoms with Crippen LogP contribution < -0.4 is 5.73 Å². The highest BCUT2D eigenvalue weighted by molar-refractivity contribution is 5.98. The quantitative estimate of drug-likeness (QED) is 0.482. The second-order valence-corrected chi connectivity index (χ2v) is 7.84. The zero-order valence-corrected chi connectivity index (χ0v) is 17.7. The number of ether oxygens (including phenoxy) is 1. The number of nitrogens with zero attached hydrogens (tertiary/aromatic N) is 4. The van der Waals surface area contributed by atoms with Crippen molar-refractivity contribution in [1.29, 1.82) is 0 Å². The van der Waals surface area contributed by atoms with Crippen LogP contribution in [0.3, 0.4) is 0 Å². The minimum atomic E-state index is -0.732. The van der Waals surface area contributed by atoms with Gasteiger partial charge in [-0.15, -0.1) is 0 Å². The van der Waals surface area contributed by atoms with Gasteiger partial charge in [0, 0.05) is 29.1 Å². The number of anilines is 1. The number of aryl methyl sites for hydroxylation is 1. The maximum Gasteiger partial charge on any atom is 0.271 e. The number of amides is 1. The summed E-state index contributed by atoms with van der Waals surface area (Å²) in [7, 11) is 0. The summed E-state index contributed by atoms with van der Waals surface area (Å²) in [5, 5.41) is 0. The molecule has 0 saturated carbocycles. The molecule has 0 unspecified atom stereocenters.